The summed E-state index contributed by atoms with van der Waals surface area (Å²) in [5.41, 5.74) is 1.73. The van der Waals surface area contributed by atoms with Gasteiger partial charge < -0.3 is 14.7 Å². The van der Waals surface area contributed by atoms with Crippen LogP contribution in [0, 0.1) is 0 Å². The highest BCUT2D eigenvalue weighted by molar-refractivity contribution is 5.94. The van der Waals surface area contributed by atoms with Crippen molar-refractivity contribution in [3.05, 3.63) is 29.8 Å². The Labute approximate surface area is 119 Å². The zero-order chi connectivity index (χ0) is 13.9. The highest BCUT2D eigenvalue weighted by Crippen LogP contribution is 2.33. The van der Waals surface area contributed by atoms with Gasteiger partial charge in [0.05, 0.1) is 18.6 Å². The Balaban J connectivity index is 1.81. The number of carbonyl (C=O) groups excluding carboxylic acids is 1. The first kappa shape index (κ1) is 13.6. The molecule has 1 aromatic carbocycles. The molecule has 4 heteroatoms. The van der Waals surface area contributed by atoms with E-state index in [0.717, 1.165) is 37.1 Å². The molecule has 20 heavy (non-hydrogen) atoms. The molecular formula is C16H21NO3. The molecule has 2 heterocycles. The molecule has 2 aliphatic rings. The predicted octanol–water partition coefficient (Wildman–Crippen LogP) is 2.42. The Bertz CT molecular complexity index is 482. The molecule has 0 aliphatic carbocycles. The molecule has 2 atom stereocenters. The van der Waals surface area contributed by atoms with Gasteiger partial charge in [0, 0.05) is 24.4 Å². The van der Waals surface area contributed by atoms with Crippen molar-refractivity contribution in [3.8, 4) is 0 Å². The van der Waals surface area contributed by atoms with Crippen LogP contribution in [0.3, 0.4) is 0 Å². The van der Waals surface area contributed by atoms with E-state index in [9.17, 15) is 9.90 Å². The molecule has 0 spiro atoms. The maximum absolute atomic E-state index is 12.5. The van der Waals surface area contributed by atoms with Crippen molar-refractivity contribution in [1.29, 1.82) is 0 Å². The zero-order valence-electron chi connectivity index (χ0n) is 11.6. The van der Waals surface area contributed by atoms with Crippen LogP contribution in [0.5, 0.6) is 0 Å². The molecule has 0 aromatic heterocycles. The van der Waals surface area contributed by atoms with Gasteiger partial charge in [-0.25, -0.2) is 0 Å². The first-order chi connectivity index (χ1) is 9.75. The van der Waals surface area contributed by atoms with Crippen LogP contribution in [0.4, 0.5) is 5.69 Å². The smallest absolute Gasteiger partial charge is 0.229 e. The quantitative estimate of drug-likeness (QED) is 0.901. The van der Waals surface area contributed by atoms with Gasteiger partial charge in [0.2, 0.25) is 5.91 Å². The molecule has 1 saturated heterocycles. The Kier molecular flexibility index (Phi) is 4.03. The van der Waals surface area contributed by atoms with Crippen LogP contribution in [-0.2, 0) is 9.53 Å². The SMILES string of the molecule is O=C(CC1CCCO1)N1CCCC(O)c2ccccc21. The van der Waals surface area contributed by atoms with Crippen LogP contribution in [0.1, 0.15) is 43.8 Å². The van der Waals surface area contributed by atoms with E-state index in [0.29, 0.717) is 19.4 Å². The fourth-order valence-corrected chi connectivity index (χ4v) is 3.10. The number of hydrogen-bond donors (Lipinski definition) is 1. The number of ether oxygens (including phenoxy) is 1. The van der Waals surface area contributed by atoms with Crippen LogP contribution in [0.25, 0.3) is 0 Å². The number of rotatable bonds is 2. The highest BCUT2D eigenvalue weighted by Gasteiger charge is 2.27. The number of anilines is 1. The van der Waals surface area contributed by atoms with Gasteiger partial charge in [-0.1, -0.05) is 18.2 Å². The molecule has 2 aliphatic heterocycles. The number of carbonyl (C=O) groups is 1. The lowest BCUT2D eigenvalue weighted by Crippen LogP contribution is -2.34. The number of aliphatic hydroxyl groups excluding tert-OH is 1. The van der Waals surface area contributed by atoms with Crippen LogP contribution in [-0.4, -0.2) is 30.3 Å². The summed E-state index contributed by atoms with van der Waals surface area (Å²) in [7, 11) is 0. The number of amides is 1. The lowest BCUT2D eigenvalue weighted by atomic mass is 10.0. The lowest BCUT2D eigenvalue weighted by molar-refractivity contribution is -0.120. The van der Waals surface area contributed by atoms with E-state index < -0.39 is 6.10 Å². The summed E-state index contributed by atoms with van der Waals surface area (Å²) in [5.74, 6) is 0.110. The summed E-state index contributed by atoms with van der Waals surface area (Å²) in [6.45, 7) is 1.45. The Morgan fingerprint density at radius 2 is 2.15 bits per heavy atom. The molecular weight excluding hydrogens is 254 g/mol. The van der Waals surface area contributed by atoms with Crippen molar-refractivity contribution in [1.82, 2.24) is 0 Å². The van der Waals surface area contributed by atoms with Gasteiger partial charge in [0.25, 0.3) is 0 Å². The number of benzene rings is 1. The normalized spacial score (nSPS) is 26.1. The van der Waals surface area contributed by atoms with Gasteiger partial charge in [-0.15, -0.1) is 0 Å². The summed E-state index contributed by atoms with van der Waals surface area (Å²) < 4.78 is 5.56. The highest BCUT2D eigenvalue weighted by atomic mass is 16.5. The monoisotopic (exact) mass is 275 g/mol. The third-order valence-electron chi connectivity index (χ3n) is 4.17. The number of hydrogen-bond acceptors (Lipinski definition) is 3. The molecule has 4 nitrogen and oxygen atoms in total. The van der Waals surface area contributed by atoms with Crippen LogP contribution in [0.15, 0.2) is 24.3 Å². The first-order valence-corrected chi connectivity index (χ1v) is 7.44. The molecule has 1 amide bonds. The third-order valence-corrected chi connectivity index (χ3v) is 4.17. The van der Waals surface area contributed by atoms with Crippen molar-refractivity contribution in [2.45, 2.75) is 44.3 Å². The first-order valence-electron chi connectivity index (χ1n) is 7.44. The van der Waals surface area contributed by atoms with Gasteiger partial charge in [-0.3, -0.25) is 4.79 Å². The molecule has 0 bridgehead atoms. The molecule has 2 unspecified atom stereocenters. The minimum Gasteiger partial charge on any atom is -0.388 e. The fourth-order valence-electron chi connectivity index (χ4n) is 3.10. The van der Waals surface area contributed by atoms with Gasteiger partial charge >= 0.3 is 0 Å². The molecule has 0 saturated carbocycles. The largest absolute Gasteiger partial charge is 0.388 e. The van der Waals surface area contributed by atoms with E-state index in [2.05, 4.69) is 0 Å². The molecule has 1 fully saturated rings. The summed E-state index contributed by atoms with van der Waals surface area (Å²) in [6.07, 6.45) is 3.62. The molecule has 1 aromatic rings. The minimum atomic E-state index is -0.466. The van der Waals surface area contributed by atoms with Crippen molar-refractivity contribution in [2.24, 2.45) is 0 Å². The second-order valence-corrected chi connectivity index (χ2v) is 5.60. The maximum atomic E-state index is 12.5. The van der Waals surface area contributed by atoms with Crippen LogP contribution < -0.4 is 4.90 Å². The summed E-state index contributed by atoms with van der Waals surface area (Å²) in [4.78, 5) is 14.4. The molecule has 0 radical (unpaired) electrons. The lowest BCUT2D eigenvalue weighted by Gasteiger charge is -2.24. The fraction of sp³-hybridized carbons (Fsp3) is 0.562. The summed E-state index contributed by atoms with van der Waals surface area (Å²) >= 11 is 0. The van der Waals surface area contributed by atoms with Crippen LogP contribution >= 0.6 is 0 Å². The maximum Gasteiger partial charge on any atom is 0.229 e. The molecule has 3 rings (SSSR count). The van der Waals surface area contributed by atoms with Crippen molar-refractivity contribution < 1.29 is 14.6 Å². The number of aliphatic hydroxyl groups is 1. The van der Waals surface area contributed by atoms with E-state index >= 15 is 0 Å². The van der Waals surface area contributed by atoms with Crippen LogP contribution in [0.2, 0.25) is 0 Å². The van der Waals surface area contributed by atoms with Crippen molar-refractivity contribution >= 4 is 11.6 Å². The number of para-hydroxylation sites is 1. The van der Waals surface area contributed by atoms with Gasteiger partial charge in [-0.05, 0) is 31.7 Å². The van der Waals surface area contributed by atoms with E-state index in [1.165, 1.54) is 0 Å². The standard InChI is InChI=1S/C16H21NO3/c18-15-8-3-9-17(14-7-2-1-6-13(14)15)16(19)11-12-5-4-10-20-12/h1-2,6-7,12,15,18H,3-5,8-11H2. The minimum absolute atomic E-state index is 0.0721. The second-order valence-electron chi connectivity index (χ2n) is 5.60. The average Bonchev–Trinajstić information content (AvgIpc) is 2.90. The molecule has 108 valence electrons. The van der Waals surface area contributed by atoms with E-state index in [1.807, 2.05) is 29.2 Å². The Morgan fingerprint density at radius 1 is 1.30 bits per heavy atom. The topological polar surface area (TPSA) is 49.8 Å². The van der Waals surface area contributed by atoms with Gasteiger partial charge in [0.1, 0.15) is 0 Å². The average molecular weight is 275 g/mol. The van der Waals surface area contributed by atoms with E-state index in [1.54, 1.807) is 0 Å². The van der Waals surface area contributed by atoms with E-state index in [-0.39, 0.29) is 12.0 Å². The zero-order valence-corrected chi connectivity index (χ0v) is 11.6. The van der Waals surface area contributed by atoms with Gasteiger partial charge in [-0.2, -0.15) is 0 Å². The van der Waals surface area contributed by atoms with Crippen molar-refractivity contribution in [3.63, 3.8) is 0 Å². The second kappa shape index (κ2) is 5.94. The van der Waals surface area contributed by atoms with Crippen molar-refractivity contribution in [2.75, 3.05) is 18.1 Å². The Morgan fingerprint density at radius 3 is 2.95 bits per heavy atom. The molecule has 1 N–H and O–H groups in total. The number of nitrogens with zero attached hydrogens (tertiary/aromatic N) is 1. The third kappa shape index (κ3) is 2.72. The number of fused-ring (bicyclic) bond motifs is 1. The summed E-state index contributed by atoms with van der Waals surface area (Å²) in [5, 5.41) is 10.2. The van der Waals surface area contributed by atoms with Gasteiger partial charge in [0.15, 0.2) is 0 Å². The Hall–Kier alpha value is -1.39. The van der Waals surface area contributed by atoms with E-state index in [4.69, 9.17) is 4.74 Å². The predicted molar refractivity (Wildman–Crippen MR) is 76.6 cm³/mol. The summed E-state index contributed by atoms with van der Waals surface area (Å²) in [6, 6.07) is 7.67.